The Morgan fingerprint density at radius 1 is 0.595 bits per heavy atom. The number of hydrogen-bond donors (Lipinski definition) is 3. The summed E-state index contributed by atoms with van der Waals surface area (Å²) in [6.45, 7) is 9.26. The SMILES string of the molecule is CCCCCCCCCCCCCCCCCC(NC(=O)OC)(NC(=O)OCC)NC(=O)OC(C)(C)C. The van der Waals surface area contributed by atoms with Crippen LogP contribution in [0.3, 0.4) is 0 Å². The third-order valence-corrected chi connectivity index (χ3v) is 5.96. The lowest BCUT2D eigenvalue weighted by molar-refractivity contribution is 0.0370. The molecule has 0 rings (SSSR count). The van der Waals surface area contributed by atoms with Crippen molar-refractivity contribution in [3.8, 4) is 0 Å². The summed E-state index contributed by atoms with van der Waals surface area (Å²) in [6.07, 6.45) is 16.2. The Kier molecular flexibility index (Phi) is 19.6. The first-order valence-electron chi connectivity index (χ1n) is 14.4. The molecular formula is C28H55N3O6. The summed E-state index contributed by atoms with van der Waals surface area (Å²) >= 11 is 0. The Balaban J connectivity index is 4.55. The molecule has 0 aliphatic heterocycles. The fourth-order valence-corrected chi connectivity index (χ4v) is 4.09. The number of unbranched alkanes of at least 4 members (excludes halogenated alkanes) is 14. The fraction of sp³-hybridized carbons (Fsp3) is 0.893. The summed E-state index contributed by atoms with van der Waals surface area (Å²) in [5, 5.41) is 7.73. The van der Waals surface area contributed by atoms with E-state index in [9.17, 15) is 14.4 Å². The van der Waals surface area contributed by atoms with Gasteiger partial charge in [0, 0.05) is 6.42 Å². The number of amides is 3. The number of alkyl carbamates (subject to hydrolysis) is 3. The molecule has 0 spiro atoms. The van der Waals surface area contributed by atoms with Crippen LogP contribution in [0.4, 0.5) is 14.4 Å². The van der Waals surface area contributed by atoms with E-state index in [4.69, 9.17) is 14.2 Å². The monoisotopic (exact) mass is 529 g/mol. The maximum atomic E-state index is 12.5. The van der Waals surface area contributed by atoms with Gasteiger partial charge in [0.2, 0.25) is 0 Å². The van der Waals surface area contributed by atoms with Gasteiger partial charge in [0.15, 0.2) is 5.79 Å². The second-order valence-electron chi connectivity index (χ2n) is 10.7. The lowest BCUT2D eigenvalue weighted by Gasteiger charge is -2.35. The first kappa shape index (κ1) is 34.8. The summed E-state index contributed by atoms with van der Waals surface area (Å²) in [5.41, 5.74) is -0.750. The maximum absolute atomic E-state index is 12.5. The van der Waals surface area contributed by atoms with Crippen LogP contribution in [-0.4, -0.2) is 43.4 Å². The second kappa shape index (κ2) is 20.8. The van der Waals surface area contributed by atoms with Gasteiger partial charge >= 0.3 is 18.3 Å². The van der Waals surface area contributed by atoms with E-state index >= 15 is 0 Å². The van der Waals surface area contributed by atoms with Gasteiger partial charge < -0.3 is 14.2 Å². The molecule has 0 bridgehead atoms. The van der Waals surface area contributed by atoms with Crippen LogP contribution in [0.15, 0.2) is 0 Å². The molecule has 0 aromatic carbocycles. The standard InChI is InChI=1S/C28H55N3O6/c1-7-9-10-11-12-13-14-15-16-17-18-19-20-21-22-23-28(29-24(32)35-6,30-25(33)36-8-2)31-26(34)37-27(3,4)5/h7-23H2,1-6H3,(H,29,32)(H,30,33)(H,31,34). The van der Waals surface area contributed by atoms with Crippen molar-refractivity contribution in [3.63, 3.8) is 0 Å². The van der Waals surface area contributed by atoms with Gasteiger partial charge in [0.05, 0.1) is 13.7 Å². The molecule has 0 aromatic rings. The molecule has 218 valence electrons. The molecule has 0 heterocycles. The summed E-state index contributed by atoms with van der Waals surface area (Å²) in [7, 11) is 1.21. The minimum absolute atomic E-state index is 0.144. The lowest BCUT2D eigenvalue weighted by atomic mass is 10.0. The molecule has 37 heavy (non-hydrogen) atoms. The fourth-order valence-electron chi connectivity index (χ4n) is 4.09. The molecule has 0 radical (unpaired) electrons. The first-order valence-corrected chi connectivity index (χ1v) is 14.4. The molecule has 3 amide bonds. The molecule has 1 atom stereocenters. The largest absolute Gasteiger partial charge is 0.453 e. The van der Waals surface area contributed by atoms with Crippen LogP contribution in [0.5, 0.6) is 0 Å². The normalized spacial score (nSPS) is 12.8. The lowest BCUT2D eigenvalue weighted by Crippen LogP contribution is -2.70. The molecule has 9 nitrogen and oxygen atoms in total. The summed E-state index contributed by atoms with van der Waals surface area (Å²) < 4.78 is 15.1. The molecule has 9 heteroatoms. The predicted octanol–water partition coefficient (Wildman–Crippen LogP) is 7.53. The first-order chi connectivity index (χ1) is 17.6. The van der Waals surface area contributed by atoms with E-state index in [2.05, 4.69) is 22.9 Å². The highest BCUT2D eigenvalue weighted by Crippen LogP contribution is 2.17. The van der Waals surface area contributed by atoms with Gasteiger partial charge in [-0.15, -0.1) is 0 Å². The number of carbonyl (C=O) groups is 3. The third-order valence-electron chi connectivity index (χ3n) is 5.96. The number of rotatable bonds is 20. The number of methoxy groups -OCH3 is 1. The van der Waals surface area contributed by atoms with Crippen LogP contribution in [-0.2, 0) is 14.2 Å². The zero-order valence-corrected chi connectivity index (χ0v) is 24.5. The van der Waals surface area contributed by atoms with Crippen molar-refractivity contribution >= 4 is 18.3 Å². The van der Waals surface area contributed by atoms with Gasteiger partial charge in [0.25, 0.3) is 0 Å². The Morgan fingerprint density at radius 3 is 1.41 bits per heavy atom. The average molecular weight is 530 g/mol. The van der Waals surface area contributed by atoms with Gasteiger partial charge in [-0.2, -0.15) is 0 Å². The van der Waals surface area contributed by atoms with Crippen molar-refractivity contribution < 1.29 is 28.6 Å². The van der Waals surface area contributed by atoms with E-state index in [0.717, 1.165) is 19.3 Å². The van der Waals surface area contributed by atoms with Crippen LogP contribution in [0.2, 0.25) is 0 Å². The van der Waals surface area contributed by atoms with E-state index < -0.39 is 29.7 Å². The minimum atomic E-state index is -1.60. The quantitative estimate of drug-likeness (QED) is 0.0853. The number of nitrogens with one attached hydrogen (secondary N) is 3. The highest BCUT2D eigenvalue weighted by atomic mass is 16.6. The molecule has 0 saturated heterocycles. The van der Waals surface area contributed by atoms with E-state index in [-0.39, 0.29) is 13.0 Å². The van der Waals surface area contributed by atoms with Gasteiger partial charge in [-0.25, -0.2) is 14.4 Å². The topological polar surface area (TPSA) is 115 Å². The zero-order valence-electron chi connectivity index (χ0n) is 24.5. The van der Waals surface area contributed by atoms with Crippen LogP contribution < -0.4 is 16.0 Å². The summed E-state index contributed by atoms with van der Waals surface area (Å²) in [4.78, 5) is 36.8. The van der Waals surface area contributed by atoms with Gasteiger partial charge in [-0.05, 0) is 34.1 Å². The van der Waals surface area contributed by atoms with E-state index in [1.807, 2.05) is 0 Å². The molecule has 0 fully saturated rings. The van der Waals surface area contributed by atoms with Gasteiger partial charge in [-0.1, -0.05) is 96.8 Å². The Hall–Kier alpha value is -2.19. The van der Waals surface area contributed by atoms with E-state index in [0.29, 0.717) is 6.42 Å². The minimum Gasteiger partial charge on any atom is -0.453 e. The zero-order chi connectivity index (χ0) is 28.0. The van der Waals surface area contributed by atoms with Crippen LogP contribution >= 0.6 is 0 Å². The van der Waals surface area contributed by atoms with E-state index in [1.54, 1.807) is 27.7 Å². The van der Waals surface area contributed by atoms with Crippen LogP contribution in [0.1, 0.15) is 137 Å². The Labute approximate surface area is 225 Å². The van der Waals surface area contributed by atoms with Crippen molar-refractivity contribution in [2.24, 2.45) is 0 Å². The van der Waals surface area contributed by atoms with Crippen LogP contribution in [0, 0.1) is 0 Å². The Bertz CT molecular complexity index is 624. The molecule has 0 saturated carbocycles. The van der Waals surface area contributed by atoms with Crippen molar-refractivity contribution in [2.75, 3.05) is 13.7 Å². The highest BCUT2D eigenvalue weighted by Gasteiger charge is 2.37. The van der Waals surface area contributed by atoms with E-state index in [1.165, 1.54) is 77.7 Å². The van der Waals surface area contributed by atoms with Crippen LogP contribution in [0.25, 0.3) is 0 Å². The number of ether oxygens (including phenoxy) is 3. The number of hydrogen-bond acceptors (Lipinski definition) is 6. The molecule has 3 N–H and O–H groups in total. The predicted molar refractivity (Wildman–Crippen MR) is 147 cm³/mol. The van der Waals surface area contributed by atoms with Crippen molar-refractivity contribution in [3.05, 3.63) is 0 Å². The molecular weight excluding hydrogens is 474 g/mol. The molecule has 0 aromatic heterocycles. The summed E-state index contributed by atoms with van der Waals surface area (Å²) in [5.74, 6) is -1.60. The second-order valence-corrected chi connectivity index (χ2v) is 10.7. The number of carbonyl (C=O) groups excluding carboxylic acids is 3. The smallest absolute Gasteiger partial charge is 0.410 e. The molecule has 0 aliphatic rings. The Morgan fingerprint density at radius 2 is 1.00 bits per heavy atom. The summed E-state index contributed by atoms with van der Waals surface area (Å²) in [6, 6.07) is 0. The highest BCUT2D eigenvalue weighted by molar-refractivity contribution is 5.75. The van der Waals surface area contributed by atoms with Crippen molar-refractivity contribution in [1.29, 1.82) is 0 Å². The van der Waals surface area contributed by atoms with Crippen molar-refractivity contribution in [2.45, 2.75) is 149 Å². The van der Waals surface area contributed by atoms with Gasteiger partial charge in [-0.3, -0.25) is 16.0 Å². The average Bonchev–Trinajstić information content (AvgIpc) is 2.80. The molecule has 1 unspecified atom stereocenters. The maximum Gasteiger partial charge on any atom is 0.410 e. The van der Waals surface area contributed by atoms with Crippen molar-refractivity contribution in [1.82, 2.24) is 16.0 Å². The third kappa shape index (κ3) is 20.5. The molecule has 0 aliphatic carbocycles. The van der Waals surface area contributed by atoms with Gasteiger partial charge in [0.1, 0.15) is 5.60 Å².